The van der Waals surface area contributed by atoms with Crippen molar-refractivity contribution in [3.63, 3.8) is 0 Å². The largest absolute Gasteiger partial charge is 0.346 e. The fourth-order valence-corrected chi connectivity index (χ4v) is 3.29. The predicted octanol–water partition coefficient (Wildman–Crippen LogP) is 1.66. The maximum Gasteiger partial charge on any atom is 0.346 e. The molecule has 0 aromatic carbocycles. The maximum absolute atomic E-state index is 12.7. The normalized spacial score (nSPS) is 11.0. The second-order valence-corrected chi connectivity index (χ2v) is 6.60. The molecule has 0 aliphatic rings. The molecule has 0 aliphatic heterocycles. The Bertz CT molecular complexity index is 963. The molecular formula is C15H16F2N6OS. The Balaban J connectivity index is 1.77. The van der Waals surface area contributed by atoms with Gasteiger partial charge in [0.25, 0.3) is 6.08 Å². The van der Waals surface area contributed by atoms with Crippen LogP contribution in [0.15, 0.2) is 47.3 Å². The van der Waals surface area contributed by atoms with E-state index in [9.17, 15) is 13.6 Å². The Morgan fingerprint density at radius 2 is 2.12 bits per heavy atom. The van der Waals surface area contributed by atoms with Gasteiger partial charge in [-0.1, -0.05) is 0 Å². The highest BCUT2D eigenvalue weighted by atomic mass is 32.1. The van der Waals surface area contributed by atoms with Crippen molar-refractivity contribution in [3.8, 4) is 10.4 Å². The van der Waals surface area contributed by atoms with E-state index in [4.69, 9.17) is 5.73 Å². The molecule has 2 N–H and O–H groups in total. The van der Waals surface area contributed by atoms with E-state index in [0.717, 1.165) is 20.0 Å². The Morgan fingerprint density at radius 1 is 1.32 bits per heavy atom. The molecule has 3 aromatic rings. The summed E-state index contributed by atoms with van der Waals surface area (Å²) in [6.07, 6.45) is 3.15. The fourth-order valence-electron chi connectivity index (χ4n) is 2.31. The first kappa shape index (κ1) is 17.2. The molecule has 0 saturated carbocycles. The van der Waals surface area contributed by atoms with Gasteiger partial charge in [-0.2, -0.15) is 19.0 Å². The lowest BCUT2D eigenvalue weighted by Crippen LogP contribution is -2.27. The molecule has 0 radical (unpaired) electrons. The lowest BCUT2D eigenvalue weighted by Gasteiger charge is -2.02. The number of nitrogens with zero attached hydrogens (tertiary/aromatic N) is 5. The van der Waals surface area contributed by atoms with Crippen molar-refractivity contribution in [1.82, 2.24) is 24.1 Å². The van der Waals surface area contributed by atoms with Gasteiger partial charge in [-0.05, 0) is 12.1 Å². The summed E-state index contributed by atoms with van der Waals surface area (Å²) in [5.74, 6) is 0. The van der Waals surface area contributed by atoms with Crippen LogP contribution in [0.5, 0.6) is 0 Å². The number of halogens is 2. The third-order valence-corrected chi connectivity index (χ3v) is 4.75. The molecule has 0 spiro atoms. The number of hydrogen-bond acceptors (Lipinski definition) is 5. The molecule has 0 fully saturated rings. The summed E-state index contributed by atoms with van der Waals surface area (Å²) in [5.41, 5.74) is 5.51. The van der Waals surface area contributed by atoms with Crippen LogP contribution in [0.4, 0.5) is 8.78 Å². The van der Waals surface area contributed by atoms with Gasteiger partial charge in [0.2, 0.25) is 0 Å². The van der Waals surface area contributed by atoms with Crippen molar-refractivity contribution in [2.45, 2.75) is 13.1 Å². The monoisotopic (exact) mass is 366 g/mol. The molecule has 132 valence electrons. The minimum atomic E-state index is -1.87. The zero-order chi connectivity index (χ0) is 18.0. The van der Waals surface area contributed by atoms with Crippen LogP contribution in [0.1, 0.15) is 4.88 Å². The van der Waals surface area contributed by atoms with E-state index >= 15 is 0 Å². The molecule has 3 heterocycles. The van der Waals surface area contributed by atoms with Crippen molar-refractivity contribution in [2.24, 2.45) is 12.8 Å². The van der Waals surface area contributed by atoms with Gasteiger partial charge in [-0.25, -0.2) is 9.48 Å². The molecule has 3 rings (SSSR count). The molecule has 0 amide bonds. The van der Waals surface area contributed by atoms with Crippen molar-refractivity contribution in [2.75, 3.05) is 6.54 Å². The highest BCUT2D eigenvalue weighted by molar-refractivity contribution is 7.15. The van der Waals surface area contributed by atoms with Crippen LogP contribution in [-0.2, 0) is 20.1 Å². The first-order valence-corrected chi connectivity index (χ1v) is 8.22. The zero-order valence-corrected chi connectivity index (χ0v) is 14.2. The number of nitrogens with two attached hydrogens (primary N) is 1. The van der Waals surface area contributed by atoms with E-state index in [1.807, 2.05) is 25.4 Å². The first-order valence-electron chi connectivity index (χ1n) is 7.41. The number of hydrogen-bond donors (Lipinski definition) is 1. The molecule has 0 bridgehead atoms. The molecule has 0 saturated heterocycles. The summed E-state index contributed by atoms with van der Waals surface area (Å²) in [5, 5.41) is 8.02. The average molecular weight is 366 g/mol. The number of rotatable bonds is 6. The molecule has 10 heteroatoms. The quantitative estimate of drug-likeness (QED) is 0.719. The highest BCUT2D eigenvalue weighted by Crippen LogP contribution is 2.27. The number of aromatic nitrogens is 5. The summed E-state index contributed by atoms with van der Waals surface area (Å²) in [6.45, 7) is -0.305. The summed E-state index contributed by atoms with van der Waals surface area (Å²) in [4.78, 5) is 14.3. The van der Waals surface area contributed by atoms with Crippen molar-refractivity contribution in [3.05, 3.63) is 57.9 Å². The lowest BCUT2D eigenvalue weighted by molar-refractivity contribution is 0.400. The topological polar surface area (TPSA) is 83.7 Å². The second-order valence-electron chi connectivity index (χ2n) is 5.44. The summed E-state index contributed by atoms with van der Waals surface area (Å²) in [6, 6.07) is 3.88. The zero-order valence-electron chi connectivity index (χ0n) is 13.4. The van der Waals surface area contributed by atoms with Gasteiger partial charge in [0.05, 0.1) is 19.3 Å². The summed E-state index contributed by atoms with van der Waals surface area (Å²) >= 11 is 1.54. The van der Waals surface area contributed by atoms with Crippen LogP contribution in [-0.4, -0.2) is 30.7 Å². The van der Waals surface area contributed by atoms with Gasteiger partial charge >= 0.3 is 5.69 Å². The van der Waals surface area contributed by atoms with Crippen molar-refractivity contribution >= 4 is 11.3 Å². The third-order valence-electron chi connectivity index (χ3n) is 3.63. The molecule has 0 atom stereocenters. The molecule has 0 aliphatic carbocycles. The second kappa shape index (κ2) is 7.11. The summed E-state index contributed by atoms with van der Waals surface area (Å²) in [7, 11) is 1.84. The molecular weight excluding hydrogens is 350 g/mol. The van der Waals surface area contributed by atoms with E-state index < -0.39 is 11.8 Å². The van der Waals surface area contributed by atoms with E-state index in [2.05, 4.69) is 10.2 Å². The fraction of sp³-hybridized carbons (Fsp3) is 0.267. The van der Waals surface area contributed by atoms with Crippen LogP contribution in [0, 0.1) is 0 Å². The standard InChI is InChI=1S/C15H16F2N6OS/c1-21-6-11(5-19-21)13-3-2-12(25-13)8-22-9-20-23(15(22)24)7-10(4-18)14(16)17/h2-3,5-6,9H,4,7-8,18H2,1H3. The minimum absolute atomic E-state index is 0.303. The molecule has 25 heavy (non-hydrogen) atoms. The average Bonchev–Trinajstić information content (AvgIpc) is 3.28. The smallest absolute Gasteiger partial charge is 0.327 e. The highest BCUT2D eigenvalue weighted by Gasteiger charge is 2.12. The van der Waals surface area contributed by atoms with Crippen LogP contribution < -0.4 is 11.4 Å². The van der Waals surface area contributed by atoms with Crippen LogP contribution >= 0.6 is 11.3 Å². The van der Waals surface area contributed by atoms with Crippen LogP contribution in [0.25, 0.3) is 10.4 Å². The van der Waals surface area contributed by atoms with E-state index in [1.165, 1.54) is 22.2 Å². The van der Waals surface area contributed by atoms with Gasteiger partial charge in [0, 0.05) is 40.7 Å². The minimum Gasteiger partial charge on any atom is -0.327 e. The Kier molecular flexibility index (Phi) is 4.91. The van der Waals surface area contributed by atoms with Crippen molar-refractivity contribution in [1.29, 1.82) is 0 Å². The predicted molar refractivity (Wildman–Crippen MR) is 90.4 cm³/mol. The summed E-state index contributed by atoms with van der Waals surface area (Å²) < 4.78 is 29.4. The van der Waals surface area contributed by atoms with Gasteiger partial charge in [-0.3, -0.25) is 9.25 Å². The third kappa shape index (κ3) is 3.74. The molecule has 7 nitrogen and oxygen atoms in total. The van der Waals surface area contributed by atoms with Crippen molar-refractivity contribution < 1.29 is 8.78 Å². The van der Waals surface area contributed by atoms with E-state index in [-0.39, 0.29) is 18.7 Å². The van der Waals surface area contributed by atoms with Crippen LogP contribution in [0.2, 0.25) is 0 Å². The Hall–Kier alpha value is -2.59. The van der Waals surface area contributed by atoms with E-state index in [1.54, 1.807) is 10.9 Å². The number of aryl methyl sites for hydroxylation is 1. The first-order chi connectivity index (χ1) is 12.0. The van der Waals surface area contributed by atoms with Gasteiger partial charge in [0.1, 0.15) is 6.33 Å². The maximum atomic E-state index is 12.7. The van der Waals surface area contributed by atoms with Gasteiger partial charge < -0.3 is 5.73 Å². The van der Waals surface area contributed by atoms with E-state index in [0.29, 0.717) is 6.54 Å². The Morgan fingerprint density at radius 3 is 2.76 bits per heavy atom. The lowest BCUT2D eigenvalue weighted by atomic mass is 10.3. The van der Waals surface area contributed by atoms with Gasteiger partial charge in [0.15, 0.2) is 0 Å². The molecule has 0 unspecified atom stereocenters. The van der Waals surface area contributed by atoms with Crippen LogP contribution in [0.3, 0.4) is 0 Å². The SMILES string of the molecule is Cn1cc(-c2ccc(Cn3cnn(CC(CN)=C(F)F)c3=O)s2)cn1. The number of thiophene rings is 1. The molecule has 3 aromatic heterocycles. The Labute approximate surface area is 145 Å². The van der Waals surface area contributed by atoms with Gasteiger partial charge in [-0.15, -0.1) is 11.3 Å².